The highest BCUT2D eigenvalue weighted by molar-refractivity contribution is 7.14. The molecule has 1 fully saturated rings. The molecule has 126 valence electrons. The maximum absolute atomic E-state index is 6.29. The van der Waals surface area contributed by atoms with Crippen LogP contribution in [0.4, 0.5) is 5.82 Å². The summed E-state index contributed by atoms with van der Waals surface area (Å²) in [7, 11) is 0. The lowest BCUT2D eigenvalue weighted by Gasteiger charge is -2.34. The fourth-order valence-corrected chi connectivity index (χ4v) is 4.19. The van der Waals surface area contributed by atoms with Gasteiger partial charge < -0.3 is 14.2 Å². The summed E-state index contributed by atoms with van der Waals surface area (Å²) >= 11 is 7.64. The van der Waals surface area contributed by atoms with Gasteiger partial charge in [0, 0.05) is 17.7 Å². The van der Waals surface area contributed by atoms with Crippen LogP contribution in [0.2, 0.25) is 5.15 Å². The Hall–Kier alpha value is -1.70. The average Bonchev–Trinajstić information content (AvgIpc) is 3.10. The Kier molecular flexibility index (Phi) is 3.94. The highest BCUT2D eigenvalue weighted by Crippen LogP contribution is 2.39. The number of hydrogen-bond donors (Lipinski definition) is 0. The topological polar surface area (TPSA) is 64.3 Å². The molecule has 0 radical (unpaired) electrons. The Morgan fingerprint density at radius 2 is 2.21 bits per heavy atom. The van der Waals surface area contributed by atoms with Crippen LogP contribution in [0.1, 0.15) is 18.4 Å². The molecule has 0 bridgehead atoms. The number of fused-ring (bicyclic) bond motifs is 1. The lowest BCUT2D eigenvalue weighted by molar-refractivity contribution is 0.0986. The number of hydrogen-bond acceptors (Lipinski definition) is 7. The van der Waals surface area contributed by atoms with Crippen LogP contribution in [0.5, 0.6) is 0 Å². The van der Waals surface area contributed by atoms with Gasteiger partial charge >= 0.3 is 0 Å². The van der Waals surface area contributed by atoms with Crippen molar-refractivity contribution in [2.45, 2.75) is 26.8 Å². The quantitative estimate of drug-likeness (QED) is 0.688. The molecule has 6 nitrogen and oxygen atoms in total. The fourth-order valence-electron chi connectivity index (χ4n) is 3.15. The number of ether oxygens (including phenoxy) is 1. The molecule has 1 aliphatic heterocycles. The summed E-state index contributed by atoms with van der Waals surface area (Å²) in [6.45, 7) is 8.18. The van der Waals surface area contributed by atoms with Gasteiger partial charge in [0.2, 0.25) is 0 Å². The van der Waals surface area contributed by atoms with E-state index in [1.54, 1.807) is 0 Å². The van der Waals surface area contributed by atoms with Gasteiger partial charge in [-0.25, -0.2) is 4.98 Å². The van der Waals surface area contributed by atoms with Crippen molar-refractivity contribution in [3.8, 4) is 11.1 Å². The van der Waals surface area contributed by atoms with Crippen LogP contribution in [0.15, 0.2) is 10.6 Å². The summed E-state index contributed by atoms with van der Waals surface area (Å²) in [5, 5.41) is 4.52. The Labute approximate surface area is 148 Å². The number of aromatic nitrogens is 3. The summed E-state index contributed by atoms with van der Waals surface area (Å²) in [6, 6.07) is 2.34. The molecule has 1 aliphatic rings. The first-order valence-corrected chi connectivity index (χ1v) is 8.95. The Balaban J connectivity index is 1.95. The molecule has 0 aliphatic carbocycles. The molecule has 1 saturated heterocycles. The van der Waals surface area contributed by atoms with E-state index < -0.39 is 0 Å². The molecule has 0 amide bonds. The number of nitrogens with zero attached hydrogens (tertiary/aromatic N) is 4. The summed E-state index contributed by atoms with van der Waals surface area (Å²) in [5.74, 6) is 1.67. The zero-order valence-corrected chi connectivity index (χ0v) is 15.2. The van der Waals surface area contributed by atoms with Crippen molar-refractivity contribution < 1.29 is 9.26 Å². The van der Waals surface area contributed by atoms with Gasteiger partial charge in [0.1, 0.15) is 17.1 Å². The second-order valence-electron chi connectivity index (χ2n) is 6.00. The highest BCUT2D eigenvalue weighted by Gasteiger charge is 2.25. The van der Waals surface area contributed by atoms with Gasteiger partial charge in [-0.2, -0.15) is 4.37 Å². The van der Waals surface area contributed by atoms with Gasteiger partial charge in [-0.05, 0) is 38.4 Å². The van der Waals surface area contributed by atoms with E-state index in [9.17, 15) is 0 Å². The minimum atomic E-state index is 0.256. The predicted octanol–water partition coefficient (Wildman–Crippen LogP) is 3.84. The van der Waals surface area contributed by atoms with Crippen LogP contribution in [0.25, 0.3) is 21.3 Å². The summed E-state index contributed by atoms with van der Waals surface area (Å²) < 4.78 is 16.1. The number of rotatable bonds is 2. The van der Waals surface area contributed by atoms with Crippen molar-refractivity contribution >= 4 is 39.2 Å². The highest BCUT2D eigenvalue weighted by atomic mass is 35.5. The number of pyridine rings is 1. The van der Waals surface area contributed by atoms with Gasteiger partial charge in [-0.1, -0.05) is 16.8 Å². The third-order valence-electron chi connectivity index (χ3n) is 4.34. The lowest BCUT2D eigenvalue weighted by Crippen LogP contribution is -2.44. The number of aryl methyl sites for hydroxylation is 2. The zero-order valence-electron chi connectivity index (χ0n) is 13.7. The maximum atomic E-state index is 6.29. The van der Waals surface area contributed by atoms with Gasteiger partial charge in [-0.3, -0.25) is 0 Å². The Morgan fingerprint density at radius 3 is 2.92 bits per heavy atom. The molecule has 24 heavy (non-hydrogen) atoms. The molecule has 0 N–H and O–H groups in total. The van der Waals surface area contributed by atoms with Crippen LogP contribution in [0, 0.1) is 13.8 Å². The fraction of sp³-hybridized carbons (Fsp3) is 0.438. The second-order valence-corrected chi connectivity index (χ2v) is 7.13. The van der Waals surface area contributed by atoms with E-state index in [0.29, 0.717) is 18.4 Å². The van der Waals surface area contributed by atoms with Gasteiger partial charge in [-0.15, -0.1) is 0 Å². The lowest BCUT2D eigenvalue weighted by atomic mass is 10.0. The first kappa shape index (κ1) is 15.8. The molecule has 0 saturated carbocycles. The maximum Gasteiger partial charge on any atom is 0.169 e. The van der Waals surface area contributed by atoms with Crippen molar-refractivity contribution in [2.24, 2.45) is 0 Å². The molecular weight excluding hydrogens is 348 g/mol. The molecule has 0 spiro atoms. The smallest absolute Gasteiger partial charge is 0.169 e. The summed E-state index contributed by atoms with van der Waals surface area (Å²) in [6.07, 6.45) is 0. The van der Waals surface area contributed by atoms with E-state index in [2.05, 4.69) is 27.4 Å². The standard InChI is InChI=1S/C16H17ClN4O2S/c1-8-7-22-5-4-21(8)12-6-11(13-9(2)19-23-10(13)3)15-14(18-12)16(17)20-24-15/h6,8H,4-5,7H2,1-3H3. The number of anilines is 1. The van der Waals surface area contributed by atoms with Crippen molar-refractivity contribution in [3.63, 3.8) is 0 Å². The van der Waals surface area contributed by atoms with Crippen LogP contribution in [-0.4, -0.2) is 40.3 Å². The largest absolute Gasteiger partial charge is 0.377 e. The van der Waals surface area contributed by atoms with Crippen LogP contribution in [-0.2, 0) is 4.74 Å². The molecule has 4 heterocycles. The van der Waals surface area contributed by atoms with E-state index in [0.717, 1.165) is 45.2 Å². The van der Waals surface area contributed by atoms with Crippen molar-refractivity contribution in [2.75, 3.05) is 24.7 Å². The third kappa shape index (κ3) is 2.47. The average molecular weight is 365 g/mol. The molecular formula is C16H17ClN4O2S. The summed E-state index contributed by atoms with van der Waals surface area (Å²) in [5.41, 5.74) is 3.59. The molecule has 8 heteroatoms. The van der Waals surface area contributed by atoms with Gasteiger partial charge in [0.15, 0.2) is 5.15 Å². The molecule has 1 unspecified atom stereocenters. The van der Waals surface area contributed by atoms with Crippen molar-refractivity contribution in [1.29, 1.82) is 0 Å². The van der Waals surface area contributed by atoms with Crippen molar-refractivity contribution in [3.05, 3.63) is 22.7 Å². The monoisotopic (exact) mass is 364 g/mol. The minimum absolute atomic E-state index is 0.256. The normalized spacial score (nSPS) is 18.5. The van der Waals surface area contributed by atoms with Crippen molar-refractivity contribution in [1.82, 2.24) is 14.5 Å². The van der Waals surface area contributed by atoms with E-state index in [1.165, 1.54) is 11.5 Å². The minimum Gasteiger partial charge on any atom is -0.377 e. The molecule has 0 aromatic carbocycles. The summed E-state index contributed by atoms with van der Waals surface area (Å²) in [4.78, 5) is 7.02. The van der Waals surface area contributed by atoms with Crippen LogP contribution >= 0.6 is 23.1 Å². The Morgan fingerprint density at radius 1 is 1.38 bits per heavy atom. The predicted molar refractivity (Wildman–Crippen MR) is 95.0 cm³/mol. The first-order valence-electron chi connectivity index (χ1n) is 7.80. The van der Waals surface area contributed by atoms with Crippen LogP contribution < -0.4 is 4.90 Å². The molecule has 4 rings (SSSR count). The van der Waals surface area contributed by atoms with E-state index in [4.69, 9.17) is 25.8 Å². The molecule has 1 atom stereocenters. The van der Waals surface area contributed by atoms with Gasteiger partial charge in [0.25, 0.3) is 0 Å². The molecule has 3 aromatic rings. The first-order chi connectivity index (χ1) is 11.6. The zero-order chi connectivity index (χ0) is 16.8. The third-order valence-corrected chi connectivity index (χ3v) is 5.57. The Bertz CT molecular complexity index is 887. The van der Waals surface area contributed by atoms with E-state index >= 15 is 0 Å². The van der Waals surface area contributed by atoms with Gasteiger partial charge in [0.05, 0.1) is 29.6 Å². The van der Waals surface area contributed by atoms with Crippen LogP contribution in [0.3, 0.4) is 0 Å². The number of halogens is 1. The molecule has 3 aromatic heterocycles. The van der Waals surface area contributed by atoms with E-state index in [1.807, 2.05) is 13.8 Å². The number of morpholine rings is 1. The SMILES string of the molecule is Cc1noc(C)c1-c1cc(N2CCOCC2C)nc2c(Cl)nsc12. The second kappa shape index (κ2) is 5.98. The van der Waals surface area contributed by atoms with E-state index in [-0.39, 0.29) is 6.04 Å².